The zero-order valence-corrected chi connectivity index (χ0v) is 15.4. The number of hydrogen-bond donors (Lipinski definition) is 1. The van der Waals surface area contributed by atoms with Crippen molar-refractivity contribution in [1.29, 1.82) is 0 Å². The zero-order valence-electron chi connectivity index (χ0n) is 13.8. The van der Waals surface area contributed by atoms with E-state index in [1.807, 2.05) is 0 Å². The molecule has 0 aliphatic heterocycles. The molecule has 1 aromatic rings. The van der Waals surface area contributed by atoms with Crippen LogP contribution in [0.25, 0.3) is 0 Å². The van der Waals surface area contributed by atoms with Gasteiger partial charge >= 0.3 is 0 Å². The molecule has 0 saturated heterocycles. The molecule has 21 heavy (non-hydrogen) atoms. The Labute approximate surface area is 138 Å². The maximum Gasteiger partial charge on any atom is 0.0766 e. The molecule has 0 atom stereocenters. The highest BCUT2D eigenvalue weighted by atomic mass is 79.9. The van der Waals surface area contributed by atoms with Crippen molar-refractivity contribution in [2.24, 2.45) is 5.41 Å². The summed E-state index contributed by atoms with van der Waals surface area (Å²) in [6.07, 6.45) is 9.02. The van der Waals surface area contributed by atoms with Crippen molar-refractivity contribution in [2.45, 2.75) is 72.3 Å². The van der Waals surface area contributed by atoms with E-state index >= 15 is 0 Å². The highest BCUT2D eigenvalue weighted by molar-refractivity contribution is 9.10. The third-order valence-electron chi connectivity index (χ3n) is 4.90. The van der Waals surface area contributed by atoms with E-state index < -0.39 is 0 Å². The SMILES string of the molecule is CCNCC1(Cc2c(Br)c(CC)nn2CC)CCCCC1. The van der Waals surface area contributed by atoms with Gasteiger partial charge in [0.15, 0.2) is 0 Å². The van der Waals surface area contributed by atoms with E-state index in [0.717, 1.165) is 32.5 Å². The molecule has 4 heteroatoms. The van der Waals surface area contributed by atoms with Gasteiger partial charge in [-0.1, -0.05) is 33.1 Å². The van der Waals surface area contributed by atoms with Crippen LogP contribution in [0.15, 0.2) is 4.47 Å². The molecular formula is C17H30BrN3. The van der Waals surface area contributed by atoms with Crippen LogP contribution in [0.3, 0.4) is 0 Å². The number of aromatic nitrogens is 2. The Morgan fingerprint density at radius 1 is 1.19 bits per heavy atom. The minimum Gasteiger partial charge on any atom is -0.316 e. The van der Waals surface area contributed by atoms with Crippen LogP contribution in [0, 0.1) is 5.41 Å². The fraction of sp³-hybridized carbons (Fsp3) is 0.824. The van der Waals surface area contributed by atoms with Crippen molar-refractivity contribution in [3.63, 3.8) is 0 Å². The lowest BCUT2D eigenvalue weighted by Crippen LogP contribution is -2.38. The Morgan fingerprint density at radius 3 is 2.48 bits per heavy atom. The van der Waals surface area contributed by atoms with Crippen molar-refractivity contribution >= 4 is 15.9 Å². The smallest absolute Gasteiger partial charge is 0.0766 e. The molecule has 3 nitrogen and oxygen atoms in total. The second kappa shape index (κ2) is 7.77. The van der Waals surface area contributed by atoms with E-state index in [1.54, 1.807) is 0 Å². The van der Waals surface area contributed by atoms with E-state index in [4.69, 9.17) is 5.10 Å². The summed E-state index contributed by atoms with van der Waals surface area (Å²) in [7, 11) is 0. The van der Waals surface area contributed by atoms with Crippen LogP contribution in [0.2, 0.25) is 0 Å². The molecule has 1 aromatic heterocycles. The minimum atomic E-state index is 0.425. The molecule has 0 aromatic carbocycles. The normalized spacial score (nSPS) is 18.1. The maximum absolute atomic E-state index is 4.77. The standard InChI is InChI=1S/C17H30BrN3/c1-4-14-16(18)15(21(6-3)20-14)12-17(13-19-5-2)10-8-7-9-11-17/h19H,4-13H2,1-3H3. The van der Waals surface area contributed by atoms with Gasteiger partial charge in [-0.15, -0.1) is 0 Å². The van der Waals surface area contributed by atoms with Crippen LogP contribution >= 0.6 is 15.9 Å². The Balaban J connectivity index is 2.25. The number of hydrogen-bond acceptors (Lipinski definition) is 2. The largest absolute Gasteiger partial charge is 0.316 e. The summed E-state index contributed by atoms with van der Waals surface area (Å²) in [6, 6.07) is 0. The minimum absolute atomic E-state index is 0.425. The monoisotopic (exact) mass is 355 g/mol. The number of rotatable bonds is 7. The van der Waals surface area contributed by atoms with E-state index in [0.29, 0.717) is 5.41 Å². The van der Waals surface area contributed by atoms with E-state index in [-0.39, 0.29) is 0 Å². The zero-order chi connectivity index (χ0) is 15.3. The van der Waals surface area contributed by atoms with Crippen LogP contribution in [0.4, 0.5) is 0 Å². The second-order valence-corrected chi connectivity index (χ2v) is 7.19. The van der Waals surface area contributed by atoms with Gasteiger partial charge in [-0.25, -0.2) is 0 Å². The van der Waals surface area contributed by atoms with Crippen molar-refractivity contribution < 1.29 is 0 Å². The molecule has 0 radical (unpaired) electrons. The third-order valence-corrected chi connectivity index (χ3v) is 5.82. The number of nitrogens with one attached hydrogen (secondary N) is 1. The van der Waals surface area contributed by atoms with Crippen LogP contribution in [-0.4, -0.2) is 22.9 Å². The third kappa shape index (κ3) is 3.89. The van der Waals surface area contributed by atoms with Crippen LogP contribution < -0.4 is 5.32 Å². The molecule has 120 valence electrons. The lowest BCUT2D eigenvalue weighted by Gasteiger charge is -2.38. The second-order valence-electron chi connectivity index (χ2n) is 6.39. The van der Waals surface area contributed by atoms with Gasteiger partial charge in [0.1, 0.15) is 0 Å². The van der Waals surface area contributed by atoms with E-state index in [9.17, 15) is 0 Å². The number of halogens is 1. The maximum atomic E-state index is 4.77. The van der Waals surface area contributed by atoms with Gasteiger partial charge in [0.2, 0.25) is 0 Å². The van der Waals surface area contributed by atoms with E-state index in [1.165, 1.54) is 48.0 Å². The predicted octanol–water partition coefficient (Wildman–Crippen LogP) is 4.33. The summed E-state index contributed by atoms with van der Waals surface area (Å²) < 4.78 is 3.47. The summed E-state index contributed by atoms with van der Waals surface area (Å²) >= 11 is 3.82. The summed E-state index contributed by atoms with van der Waals surface area (Å²) in [5, 5.41) is 8.38. The van der Waals surface area contributed by atoms with Gasteiger partial charge in [0, 0.05) is 13.1 Å². The Hall–Kier alpha value is -0.350. The summed E-state index contributed by atoms with van der Waals surface area (Å²) in [4.78, 5) is 0. The average Bonchev–Trinajstić information content (AvgIpc) is 2.82. The Kier molecular flexibility index (Phi) is 6.30. The van der Waals surface area contributed by atoms with Gasteiger partial charge < -0.3 is 5.32 Å². The number of nitrogens with zero attached hydrogens (tertiary/aromatic N) is 2. The molecule has 0 bridgehead atoms. The van der Waals surface area contributed by atoms with Gasteiger partial charge in [-0.3, -0.25) is 4.68 Å². The average molecular weight is 356 g/mol. The highest BCUT2D eigenvalue weighted by Crippen LogP contribution is 2.40. The molecule has 1 saturated carbocycles. The van der Waals surface area contributed by atoms with Crippen LogP contribution in [0.1, 0.15) is 64.3 Å². The van der Waals surface area contributed by atoms with Crippen molar-refractivity contribution in [3.05, 3.63) is 15.9 Å². The Bertz CT molecular complexity index is 447. The lowest BCUT2D eigenvalue weighted by atomic mass is 9.71. The van der Waals surface area contributed by atoms with Crippen LogP contribution in [0.5, 0.6) is 0 Å². The predicted molar refractivity (Wildman–Crippen MR) is 92.7 cm³/mol. The molecule has 1 aliphatic carbocycles. The lowest BCUT2D eigenvalue weighted by molar-refractivity contribution is 0.177. The van der Waals surface area contributed by atoms with E-state index in [2.05, 4.69) is 46.7 Å². The van der Waals surface area contributed by atoms with Gasteiger partial charge in [-0.05, 0) is 60.5 Å². The molecule has 0 amide bonds. The van der Waals surface area contributed by atoms with Crippen molar-refractivity contribution in [1.82, 2.24) is 15.1 Å². The Morgan fingerprint density at radius 2 is 1.90 bits per heavy atom. The van der Waals surface area contributed by atoms with Gasteiger partial charge in [0.25, 0.3) is 0 Å². The number of aryl methyl sites for hydroxylation is 2. The first-order chi connectivity index (χ1) is 10.2. The topological polar surface area (TPSA) is 29.9 Å². The fourth-order valence-electron chi connectivity index (χ4n) is 3.65. The van der Waals surface area contributed by atoms with Gasteiger partial charge in [0.05, 0.1) is 15.9 Å². The molecular weight excluding hydrogens is 326 g/mol. The van der Waals surface area contributed by atoms with Crippen molar-refractivity contribution in [3.8, 4) is 0 Å². The summed E-state index contributed by atoms with van der Waals surface area (Å²) in [6.45, 7) is 9.76. The molecule has 2 rings (SSSR count). The first-order valence-corrected chi connectivity index (χ1v) is 9.40. The summed E-state index contributed by atoms with van der Waals surface area (Å²) in [5.74, 6) is 0. The molecule has 1 aliphatic rings. The highest BCUT2D eigenvalue weighted by Gasteiger charge is 2.34. The first-order valence-electron chi connectivity index (χ1n) is 8.60. The summed E-state index contributed by atoms with van der Waals surface area (Å²) in [5.41, 5.74) is 3.05. The quantitative estimate of drug-likeness (QED) is 0.788. The van der Waals surface area contributed by atoms with Crippen LogP contribution in [-0.2, 0) is 19.4 Å². The molecule has 1 heterocycles. The van der Waals surface area contributed by atoms with Crippen molar-refractivity contribution in [2.75, 3.05) is 13.1 Å². The first kappa shape index (κ1) is 17.0. The molecule has 0 spiro atoms. The molecule has 1 fully saturated rings. The molecule has 0 unspecified atom stereocenters. The fourth-order valence-corrected chi connectivity index (χ4v) is 4.35. The van der Waals surface area contributed by atoms with Gasteiger partial charge in [-0.2, -0.15) is 5.10 Å². The molecule has 1 N–H and O–H groups in total.